The molecule has 0 saturated carbocycles. The van der Waals surface area contributed by atoms with E-state index in [1.807, 2.05) is 6.08 Å². The van der Waals surface area contributed by atoms with Crippen LogP contribution in [0.5, 0.6) is 0 Å². The molecule has 0 aromatic rings. The molecule has 1 saturated heterocycles. The zero-order valence-corrected chi connectivity index (χ0v) is 10.9. The summed E-state index contributed by atoms with van der Waals surface area (Å²) in [5.74, 6) is -1.27. The number of esters is 1. The summed E-state index contributed by atoms with van der Waals surface area (Å²) in [5.41, 5.74) is -1.17. The summed E-state index contributed by atoms with van der Waals surface area (Å²) in [5, 5.41) is 0. The number of ether oxygens (including phenoxy) is 3. The highest BCUT2D eigenvalue weighted by Crippen LogP contribution is 2.44. The average Bonchev–Trinajstić information content (AvgIpc) is 2.50. The van der Waals surface area contributed by atoms with Gasteiger partial charge in [0.25, 0.3) is 0 Å². The van der Waals surface area contributed by atoms with Gasteiger partial charge in [-0.1, -0.05) is 22.0 Å². The molecular weight excluding hydrogens is 276 g/mol. The molecule has 88 valence electrons. The molecule has 5 heteroatoms. The predicted molar refractivity (Wildman–Crippen MR) is 60.9 cm³/mol. The van der Waals surface area contributed by atoms with Crippen LogP contribution in [0.3, 0.4) is 0 Å². The second kappa shape index (κ2) is 3.68. The third-order valence-electron chi connectivity index (χ3n) is 2.56. The third-order valence-corrected chi connectivity index (χ3v) is 3.24. The molecule has 1 fully saturated rings. The van der Waals surface area contributed by atoms with E-state index in [1.165, 1.54) is 7.11 Å². The standard InChI is InChI=1S/C11H13BrO4/c1-10(2)15-8-7(12)5-4-6-11(8,16-10)9(13)14-3/h4-6,8H,1-3H3/t8-,11+/m1/s1. The lowest BCUT2D eigenvalue weighted by Crippen LogP contribution is -2.48. The maximum Gasteiger partial charge on any atom is 0.345 e. The van der Waals surface area contributed by atoms with Gasteiger partial charge in [0.15, 0.2) is 5.79 Å². The van der Waals surface area contributed by atoms with Gasteiger partial charge in [-0.05, 0) is 26.0 Å². The van der Waals surface area contributed by atoms with Crippen molar-refractivity contribution in [3.05, 3.63) is 22.7 Å². The molecule has 0 spiro atoms. The monoisotopic (exact) mass is 288 g/mol. The molecule has 4 nitrogen and oxygen atoms in total. The van der Waals surface area contributed by atoms with E-state index in [4.69, 9.17) is 14.2 Å². The minimum absolute atomic E-state index is 0.454. The number of carbonyl (C=O) groups excluding carboxylic acids is 1. The molecule has 1 aliphatic heterocycles. The highest BCUT2D eigenvalue weighted by molar-refractivity contribution is 9.11. The number of methoxy groups -OCH3 is 1. The molecule has 16 heavy (non-hydrogen) atoms. The largest absolute Gasteiger partial charge is 0.467 e. The van der Waals surface area contributed by atoms with Crippen molar-refractivity contribution in [1.82, 2.24) is 0 Å². The lowest BCUT2D eigenvalue weighted by Gasteiger charge is -2.28. The number of carbonyl (C=O) groups is 1. The van der Waals surface area contributed by atoms with Crippen LogP contribution in [-0.4, -0.2) is 30.6 Å². The van der Waals surface area contributed by atoms with E-state index in [-0.39, 0.29) is 0 Å². The van der Waals surface area contributed by atoms with Crippen molar-refractivity contribution < 1.29 is 19.0 Å². The first-order valence-electron chi connectivity index (χ1n) is 4.92. The molecule has 2 aliphatic rings. The van der Waals surface area contributed by atoms with Crippen molar-refractivity contribution >= 4 is 21.9 Å². The summed E-state index contributed by atoms with van der Waals surface area (Å²) in [4.78, 5) is 11.9. The van der Waals surface area contributed by atoms with E-state index in [1.54, 1.807) is 26.0 Å². The van der Waals surface area contributed by atoms with E-state index in [2.05, 4.69) is 15.9 Å². The maximum atomic E-state index is 11.9. The second-order valence-corrected chi connectivity index (χ2v) is 5.11. The van der Waals surface area contributed by atoms with Crippen LogP contribution in [0, 0.1) is 0 Å². The number of fused-ring (bicyclic) bond motifs is 1. The average molecular weight is 289 g/mol. The van der Waals surface area contributed by atoms with E-state index in [0.717, 1.165) is 4.48 Å². The van der Waals surface area contributed by atoms with Crippen molar-refractivity contribution in [3.63, 3.8) is 0 Å². The van der Waals surface area contributed by atoms with E-state index < -0.39 is 23.5 Å². The highest BCUT2D eigenvalue weighted by atomic mass is 79.9. The number of allylic oxidation sites excluding steroid dienone is 2. The first kappa shape index (κ1) is 11.8. The van der Waals surface area contributed by atoms with Gasteiger partial charge in [-0.3, -0.25) is 0 Å². The molecule has 1 aliphatic carbocycles. The topological polar surface area (TPSA) is 44.8 Å². The quantitative estimate of drug-likeness (QED) is 0.692. The normalized spacial score (nSPS) is 35.5. The minimum Gasteiger partial charge on any atom is -0.467 e. The first-order chi connectivity index (χ1) is 7.41. The van der Waals surface area contributed by atoms with Crippen LogP contribution in [0.2, 0.25) is 0 Å². The van der Waals surface area contributed by atoms with Crippen LogP contribution in [0.25, 0.3) is 0 Å². The van der Waals surface area contributed by atoms with Gasteiger partial charge in [0.2, 0.25) is 5.60 Å². The lowest BCUT2D eigenvalue weighted by atomic mass is 9.92. The van der Waals surface area contributed by atoms with Crippen LogP contribution in [-0.2, 0) is 19.0 Å². The summed E-state index contributed by atoms with van der Waals surface area (Å²) in [6.07, 6.45) is 4.77. The van der Waals surface area contributed by atoms with Crippen molar-refractivity contribution in [2.75, 3.05) is 7.11 Å². The van der Waals surface area contributed by atoms with Gasteiger partial charge >= 0.3 is 5.97 Å². The van der Waals surface area contributed by atoms with Gasteiger partial charge in [-0.25, -0.2) is 4.79 Å². The van der Waals surface area contributed by atoms with Crippen LogP contribution in [0.4, 0.5) is 0 Å². The Kier molecular flexibility index (Phi) is 2.72. The number of halogens is 1. The Hall–Kier alpha value is -0.650. The summed E-state index contributed by atoms with van der Waals surface area (Å²) < 4.78 is 17.0. The molecule has 0 unspecified atom stereocenters. The fourth-order valence-electron chi connectivity index (χ4n) is 1.98. The van der Waals surface area contributed by atoms with Gasteiger partial charge in [0.1, 0.15) is 6.10 Å². The second-order valence-electron chi connectivity index (χ2n) is 4.20. The summed E-state index contributed by atoms with van der Waals surface area (Å²) >= 11 is 3.38. The Morgan fingerprint density at radius 2 is 2.25 bits per heavy atom. The van der Waals surface area contributed by atoms with E-state index >= 15 is 0 Å². The van der Waals surface area contributed by atoms with Crippen LogP contribution in [0.1, 0.15) is 13.8 Å². The minimum atomic E-state index is -1.17. The van der Waals surface area contributed by atoms with Gasteiger partial charge in [0.05, 0.1) is 7.11 Å². The Bertz CT molecular complexity index is 385. The SMILES string of the molecule is COC(=O)[C@]12C=CC=C(Br)[C@H]1OC(C)(C)O2. The van der Waals surface area contributed by atoms with Crippen molar-refractivity contribution in [2.45, 2.75) is 31.3 Å². The van der Waals surface area contributed by atoms with Crippen molar-refractivity contribution in [2.24, 2.45) is 0 Å². The number of hydrogen-bond acceptors (Lipinski definition) is 4. The Labute approximate surface area is 102 Å². The maximum absolute atomic E-state index is 11.9. The van der Waals surface area contributed by atoms with Crippen LogP contribution in [0.15, 0.2) is 22.7 Å². The summed E-state index contributed by atoms with van der Waals surface area (Å²) in [7, 11) is 1.34. The summed E-state index contributed by atoms with van der Waals surface area (Å²) in [6.45, 7) is 3.54. The molecule has 2 rings (SSSR count). The van der Waals surface area contributed by atoms with Gasteiger partial charge in [-0.2, -0.15) is 0 Å². The molecule has 0 N–H and O–H groups in total. The van der Waals surface area contributed by atoms with Crippen molar-refractivity contribution in [3.8, 4) is 0 Å². The molecule has 0 amide bonds. The molecule has 0 aromatic carbocycles. The van der Waals surface area contributed by atoms with E-state index in [0.29, 0.717) is 0 Å². The molecule has 1 heterocycles. The fraction of sp³-hybridized carbons (Fsp3) is 0.545. The predicted octanol–water partition coefficient (Wildman–Crippen LogP) is 1.90. The lowest BCUT2D eigenvalue weighted by molar-refractivity contribution is -0.179. The van der Waals surface area contributed by atoms with Crippen LogP contribution < -0.4 is 0 Å². The molecule has 2 atom stereocenters. The third kappa shape index (κ3) is 1.63. The molecule has 0 bridgehead atoms. The van der Waals surface area contributed by atoms with Gasteiger partial charge in [-0.15, -0.1) is 0 Å². The van der Waals surface area contributed by atoms with E-state index in [9.17, 15) is 4.79 Å². The number of rotatable bonds is 1. The highest BCUT2D eigenvalue weighted by Gasteiger charge is 2.59. The molecule has 0 aromatic heterocycles. The molecule has 0 radical (unpaired) electrons. The Morgan fingerprint density at radius 3 is 2.88 bits per heavy atom. The Balaban J connectivity index is 2.45. The summed E-state index contributed by atoms with van der Waals surface area (Å²) in [6, 6.07) is 0. The van der Waals surface area contributed by atoms with Crippen LogP contribution >= 0.6 is 15.9 Å². The van der Waals surface area contributed by atoms with Crippen molar-refractivity contribution in [1.29, 1.82) is 0 Å². The van der Waals surface area contributed by atoms with Gasteiger partial charge in [0, 0.05) is 4.48 Å². The Morgan fingerprint density at radius 1 is 1.56 bits per heavy atom. The smallest absolute Gasteiger partial charge is 0.345 e. The zero-order valence-electron chi connectivity index (χ0n) is 9.32. The van der Waals surface area contributed by atoms with Gasteiger partial charge < -0.3 is 14.2 Å². The zero-order chi connectivity index (χ0) is 12.0. The fourth-order valence-corrected chi connectivity index (χ4v) is 2.57. The first-order valence-corrected chi connectivity index (χ1v) is 5.72. The number of hydrogen-bond donors (Lipinski definition) is 0. The molecular formula is C11H13BrO4.